The van der Waals surface area contributed by atoms with E-state index in [1.54, 1.807) is 6.92 Å². The molecule has 1 aromatic heterocycles. The minimum atomic E-state index is -0.663. The predicted octanol–water partition coefficient (Wildman–Crippen LogP) is 5.07. The molecule has 2 aliphatic rings. The Bertz CT molecular complexity index is 1270. The highest BCUT2D eigenvalue weighted by Gasteiger charge is 2.40. The van der Waals surface area contributed by atoms with Gasteiger partial charge in [-0.05, 0) is 56.6 Å². The van der Waals surface area contributed by atoms with Crippen molar-refractivity contribution in [2.75, 3.05) is 18.5 Å². The number of benzene rings is 1. The fourth-order valence-electron chi connectivity index (χ4n) is 5.00. The van der Waals surface area contributed by atoms with E-state index in [1.165, 1.54) is 29.5 Å². The standard InChI is InChI=1S/C26H29N3O7S/c1-3-36-26(33)22-20-15(2)9-7-12-18(20)37-23(22)27-19(30)13-5-4-6-14-28-24(31)16-10-8-11-17(29(34)35)21(16)25(28)32/h8,10-11,15H,3-7,9,12-14H2,1-2H3,(H,27,30). The smallest absolute Gasteiger partial charge is 0.341 e. The van der Waals surface area contributed by atoms with Gasteiger partial charge in [-0.3, -0.25) is 29.4 Å². The molecule has 0 fully saturated rings. The van der Waals surface area contributed by atoms with Gasteiger partial charge in [-0.15, -0.1) is 11.3 Å². The number of hydrogen-bond donors (Lipinski definition) is 1. The maximum Gasteiger partial charge on any atom is 0.341 e. The summed E-state index contributed by atoms with van der Waals surface area (Å²) in [5, 5.41) is 14.7. The zero-order chi connectivity index (χ0) is 26.7. The van der Waals surface area contributed by atoms with E-state index in [4.69, 9.17) is 4.74 Å². The van der Waals surface area contributed by atoms with Crippen LogP contribution in [0.3, 0.4) is 0 Å². The van der Waals surface area contributed by atoms with Crippen molar-refractivity contribution >= 4 is 45.7 Å². The van der Waals surface area contributed by atoms with Gasteiger partial charge in [0.1, 0.15) is 10.6 Å². The number of anilines is 1. The summed E-state index contributed by atoms with van der Waals surface area (Å²) >= 11 is 1.44. The molecule has 0 radical (unpaired) electrons. The van der Waals surface area contributed by atoms with Crippen LogP contribution in [-0.2, 0) is 16.0 Å². The molecule has 11 heteroatoms. The highest BCUT2D eigenvalue weighted by molar-refractivity contribution is 7.17. The predicted molar refractivity (Wildman–Crippen MR) is 137 cm³/mol. The quantitative estimate of drug-likeness (QED) is 0.150. The largest absolute Gasteiger partial charge is 0.462 e. The lowest BCUT2D eigenvalue weighted by Gasteiger charge is -2.19. The van der Waals surface area contributed by atoms with Crippen molar-refractivity contribution in [1.82, 2.24) is 4.90 Å². The van der Waals surface area contributed by atoms with Gasteiger partial charge in [0.2, 0.25) is 5.91 Å². The van der Waals surface area contributed by atoms with Crippen molar-refractivity contribution in [3.05, 3.63) is 55.4 Å². The molecule has 1 N–H and O–H groups in total. The summed E-state index contributed by atoms with van der Waals surface area (Å²) in [5.74, 6) is -1.59. The highest BCUT2D eigenvalue weighted by atomic mass is 32.1. The zero-order valence-corrected chi connectivity index (χ0v) is 21.7. The summed E-state index contributed by atoms with van der Waals surface area (Å²) in [7, 11) is 0. The molecule has 10 nitrogen and oxygen atoms in total. The number of imide groups is 1. The van der Waals surface area contributed by atoms with E-state index in [1.807, 2.05) is 0 Å². The number of aryl methyl sites for hydroxylation is 1. The summed E-state index contributed by atoms with van der Waals surface area (Å²) in [6.45, 7) is 4.21. The molecule has 196 valence electrons. The van der Waals surface area contributed by atoms with Gasteiger partial charge in [0.25, 0.3) is 17.5 Å². The van der Waals surface area contributed by atoms with Crippen LogP contribution in [0, 0.1) is 10.1 Å². The summed E-state index contributed by atoms with van der Waals surface area (Å²) in [6, 6.07) is 4.02. The Labute approximate surface area is 218 Å². The van der Waals surface area contributed by atoms with Gasteiger partial charge in [-0.25, -0.2) is 4.79 Å². The van der Waals surface area contributed by atoms with Crippen molar-refractivity contribution in [3.63, 3.8) is 0 Å². The molecular weight excluding hydrogens is 498 g/mol. The Kier molecular flexibility index (Phi) is 8.01. The van der Waals surface area contributed by atoms with E-state index in [9.17, 15) is 29.3 Å². The molecule has 1 aliphatic carbocycles. The second-order valence-corrected chi connectivity index (χ2v) is 10.3. The first kappa shape index (κ1) is 26.5. The van der Waals surface area contributed by atoms with Crippen LogP contribution >= 0.6 is 11.3 Å². The Morgan fingerprint density at radius 1 is 1.22 bits per heavy atom. The summed E-state index contributed by atoms with van der Waals surface area (Å²) in [4.78, 5) is 63.3. The van der Waals surface area contributed by atoms with Crippen LogP contribution in [0.5, 0.6) is 0 Å². The maximum atomic E-state index is 12.7. The number of hydrogen-bond acceptors (Lipinski definition) is 8. The number of ether oxygens (including phenoxy) is 1. The van der Waals surface area contributed by atoms with E-state index in [0.717, 1.165) is 34.6 Å². The number of amides is 3. The van der Waals surface area contributed by atoms with Gasteiger partial charge in [-0.1, -0.05) is 19.4 Å². The van der Waals surface area contributed by atoms with Crippen molar-refractivity contribution in [2.45, 2.75) is 64.7 Å². The van der Waals surface area contributed by atoms with Gasteiger partial charge in [0.15, 0.2) is 0 Å². The number of nitrogens with one attached hydrogen (secondary N) is 1. The van der Waals surface area contributed by atoms with E-state index in [2.05, 4.69) is 12.2 Å². The number of thiophene rings is 1. The number of nitro groups is 1. The highest BCUT2D eigenvalue weighted by Crippen LogP contribution is 2.43. The van der Waals surface area contributed by atoms with Crippen LogP contribution in [0.1, 0.15) is 99.8 Å². The Balaban J connectivity index is 1.31. The van der Waals surface area contributed by atoms with Crippen molar-refractivity contribution < 1.29 is 28.8 Å². The van der Waals surface area contributed by atoms with Crippen LogP contribution in [0.25, 0.3) is 0 Å². The molecule has 1 atom stereocenters. The first-order valence-electron chi connectivity index (χ1n) is 12.5. The van der Waals surface area contributed by atoms with Gasteiger partial charge < -0.3 is 10.1 Å². The topological polar surface area (TPSA) is 136 Å². The lowest BCUT2D eigenvalue weighted by molar-refractivity contribution is -0.385. The van der Waals surface area contributed by atoms with Gasteiger partial charge in [-0.2, -0.15) is 0 Å². The monoisotopic (exact) mass is 527 g/mol. The van der Waals surface area contributed by atoms with Crippen LogP contribution in [0.2, 0.25) is 0 Å². The third-order valence-electron chi connectivity index (χ3n) is 6.75. The number of carbonyl (C=O) groups is 4. The van der Waals surface area contributed by atoms with Gasteiger partial charge >= 0.3 is 5.97 Å². The summed E-state index contributed by atoms with van der Waals surface area (Å²) < 4.78 is 5.27. The summed E-state index contributed by atoms with van der Waals surface area (Å²) in [5.41, 5.74) is 0.973. The number of esters is 1. The Morgan fingerprint density at radius 2 is 2.00 bits per heavy atom. The second-order valence-electron chi connectivity index (χ2n) is 9.23. The molecular formula is C26H29N3O7S. The SMILES string of the molecule is CCOC(=O)c1c(NC(=O)CCCCCN2C(=O)c3cccc([N+](=O)[O-])c3C2=O)sc2c1C(C)CCC2. The van der Waals surface area contributed by atoms with Crippen molar-refractivity contribution in [2.24, 2.45) is 0 Å². The molecule has 0 spiro atoms. The number of nitrogens with zero attached hydrogens (tertiary/aromatic N) is 2. The molecule has 2 heterocycles. The molecule has 4 rings (SSSR count). The van der Waals surface area contributed by atoms with Crippen molar-refractivity contribution in [3.8, 4) is 0 Å². The van der Waals surface area contributed by atoms with Crippen LogP contribution in [0.15, 0.2) is 18.2 Å². The molecule has 1 aromatic carbocycles. The molecule has 0 saturated carbocycles. The average molecular weight is 528 g/mol. The molecule has 0 saturated heterocycles. The lowest BCUT2D eigenvalue weighted by Crippen LogP contribution is -2.30. The number of fused-ring (bicyclic) bond motifs is 2. The molecule has 37 heavy (non-hydrogen) atoms. The fourth-order valence-corrected chi connectivity index (χ4v) is 6.36. The van der Waals surface area contributed by atoms with Crippen LogP contribution in [-0.4, -0.2) is 46.7 Å². The number of nitro benzene ring substituents is 1. The third kappa shape index (κ3) is 5.27. The first-order valence-corrected chi connectivity index (χ1v) is 13.3. The molecule has 2 aromatic rings. The number of unbranched alkanes of at least 4 members (excludes halogenated alkanes) is 2. The Hall–Kier alpha value is -3.60. The number of rotatable bonds is 10. The van der Waals surface area contributed by atoms with Gasteiger partial charge in [0.05, 0.1) is 22.7 Å². The minimum absolute atomic E-state index is 0.0453. The fraction of sp³-hybridized carbons (Fsp3) is 0.462. The Morgan fingerprint density at radius 3 is 2.73 bits per heavy atom. The summed E-state index contributed by atoms with van der Waals surface area (Å²) in [6.07, 6.45) is 4.69. The van der Waals surface area contributed by atoms with Crippen LogP contribution in [0.4, 0.5) is 10.7 Å². The van der Waals surface area contributed by atoms with E-state index in [-0.39, 0.29) is 48.2 Å². The number of carbonyl (C=O) groups excluding carboxylic acids is 4. The van der Waals surface area contributed by atoms with Gasteiger partial charge in [0, 0.05) is 23.9 Å². The molecule has 1 aliphatic heterocycles. The minimum Gasteiger partial charge on any atom is -0.462 e. The third-order valence-corrected chi connectivity index (χ3v) is 7.93. The second kappa shape index (κ2) is 11.2. The maximum absolute atomic E-state index is 12.7. The lowest BCUT2D eigenvalue weighted by atomic mass is 9.86. The first-order chi connectivity index (χ1) is 17.7. The van der Waals surface area contributed by atoms with E-state index >= 15 is 0 Å². The van der Waals surface area contributed by atoms with Crippen molar-refractivity contribution in [1.29, 1.82) is 0 Å². The molecule has 3 amide bonds. The zero-order valence-electron chi connectivity index (χ0n) is 20.8. The van der Waals surface area contributed by atoms with E-state index < -0.39 is 22.7 Å². The molecule has 0 bridgehead atoms. The normalized spacial score (nSPS) is 16.4. The average Bonchev–Trinajstić information content (AvgIpc) is 3.35. The van der Waals surface area contributed by atoms with Crippen LogP contribution < -0.4 is 5.32 Å². The van der Waals surface area contributed by atoms with E-state index in [0.29, 0.717) is 29.8 Å². The molecule has 1 unspecified atom stereocenters.